The highest BCUT2D eigenvalue weighted by Gasteiger charge is 2.13. The number of phenolic OH excluding ortho intramolecular Hbond substituents is 1. The molecule has 0 radical (unpaired) electrons. The number of amides is 1. The number of thiazole rings is 1. The van der Waals surface area contributed by atoms with Crippen LogP contribution in [0.2, 0.25) is 0 Å². The molecule has 5 nitrogen and oxygen atoms in total. The van der Waals surface area contributed by atoms with Crippen LogP contribution in [-0.2, 0) is 6.61 Å². The third-order valence-electron chi connectivity index (χ3n) is 3.11. The summed E-state index contributed by atoms with van der Waals surface area (Å²) < 4.78 is 18.3. The van der Waals surface area contributed by atoms with Gasteiger partial charge in [0.1, 0.15) is 34.6 Å². The van der Waals surface area contributed by atoms with Crippen molar-refractivity contribution in [3.05, 3.63) is 70.4 Å². The van der Waals surface area contributed by atoms with Crippen LogP contribution in [-0.4, -0.2) is 16.0 Å². The standard InChI is InChI=1S/C17H13FN2O3S/c18-11-5-7-12(8-6-11)23-9-16-19-14(10-24-16)17(22)20-13-3-1-2-4-15(13)21/h1-8,10,21H,9H2,(H,20,22). The molecule has 1 heterocycles. The number of halogens is 1. The molecule has 3 aromatic rings. The van der Waals surface area contributed by atoms with Crippen LogP contribution in [0.15, 0.2) is 53.9 Å². The van der Waals surface area contributed by atoms with E-state index in [1.807, 2.05) is 0 Å². The number of carbonyl (C=O) groups excluding carboxylic acids is 1. The Labute approximate surface area is 141 Å². The first-order chi connectivity index (χ1) is 11.6. The molecule has 0 saturated carbocycles. The summed E-state index contributed by atoms with van der Waals surface area (Å²) in [7, 11) is 0. The van der Waals surface area contributed by atoms with Gasteiger partial charge in [0.25, 0.3) is 5.91 Å². The van der Waals surface area contributed by atoms with Gasteiger partial charge in [-0.05, 0) is 36.4 Å². The summed E-state index contributed by atoms with van der Waals surface area (Å²) in [5.74, 6) is -0.242. The van der Waals surface area contributed by atoms with Crippen molar-refractivity contribution in [1.29, 1.82) is 0 Å². The molecule has 2 aromatic carbocycles. The number of benzene rings is 2. The van der Waals surface area contributed by atoms with Gasteiger partial charge in [0.15, 0.2) is 0 Å². The van der Waals surface area contributed by atoms with E-state index in [2.05, 4.69) is 10.3 Å². The molecule has 2 N–H and O–H groups in total. The van der Waals surface area contributed by atoms with Gasteiger partial charge in [-0.25, -0.2) is 9.37 Å². The molecular formula is C17H13FN2O3S. The lowest BCUT2D eigenvalue weighted by molar-refractivity contribution is 0.102. The van der Waals surface area contributed by atoms with Gasteiger partial charge in [0.05, 0.1) is 5.69 Å². The summed E-state index contributed by atoms with van der Waals surface area (Å²) in [6, 6.07) is 12.1. The second kappa shape index (κ2) is 7.10. The fourth-order valence-electron chi connectivity index (χ4n) is 1.92. The molecule has 0 saturated heterocycles. The third-order valence-corrected chi connectivity index (χ3v) is 3.93. The van der Waals surface area contributed by atoms with E-state index in [1.54, 1.807) is 23.6 Å². The molecule has 0 bridgehead atoms. The number of hydrogen-bond donors (Lipinski definition) is 2. The summed E-state index contributed by atoms with van der Waals surface area (Å²) >= 11 is 1.28. The minimum Gasteiger partial charge on any atom is -0.506 e. The lowest BCUT2D eigenvalue weighted by Crippen LogP contribution is -2.12. The zero-order valence-electron chi connectivity index (χ0n) is 12.4. The molecular weight excluding hydrogens is 331 g/mol. The normalized spacial score (nSPS) is 10.4. The van der Waals surface area contributed by atoms with Crippen molar-refractivity contribution in [1.82, 2.24) is 4.98 Å². The van der Waals surface area contributed by atoms with Gasteiger partial charge < -0.3 is 15.2 Å². The molecule has 0 aliphatic rings. The SMILES string of the molecule is O=C(Nc1ccccc1O)c1csc(COc2ccc(F)cc2)n1. The van der Waals surface area contributed by atoms with E-state index in [-0.39, 0.29) is 23.9 Å². The van der Waals surface area contributed by atoms with Crippen molar-refractivity contribution in [2.45, 2.75) is 6.61 Å². The number of aromatic nitrogens is 1. The maximum absolute atomic E-state index is 12.8. The largest absolute Gasteiger partial charge is 0.506 e. The van der Waals surface area contributed by atoms with Crippen molar-refractivity contribution in [3.63, 3.8) is 0 Å². The number of phenols is 1. The van der Waals surface area contributed by atoms with Crippen molar-refractivity contribution in [3.8, 4) is 11.5 Å². The van der Waals surface area contributed by atoms with Crippen molar-refractivity contribution >= 4 is 22.9 Å². The average molecular weight is 344 g/mol. The van der Waals surface area contributed by atoms with Crippen LogP contribution in [0.3, 0.4) is 0 Å². The van der Waals surface area contributed by atoms with Gasteiger partial charge in [0, 0.05) is 5.38 Å². The first kappa shape index (κ1) is 15.9. The topological polar surface area (TPSA) is 71.5 Å². The van der Waals surface area contributed by atoms with Gasteiger partial charge in [-0.15, -0.1) is 11.3 Å². The fourth-order valence-corrected chi connectivity index (χ4v) is 2.61. The van der Waals surface area contributed by atoms with E-state index < -0.39 is 5.91 Å². The predicted octanol–water partition coefficient (Wildman–Crippen LogP) is 3.82. The number of carbonyl (C=O) groups is 1. The average Bonchev–Trinajstić information content (AvgIpc) is 3.06. The Bertz CT molecular complexity index is 849. The zero-order chi connectivity index (χ0) is 16.9. The van der Waals surface area contributed by atoms with E-state index in [0.717, 1.165) is 0 Å². The minimum atomic E-state index is -0.416. The monoisotopic (exact) mass is 344 g/mol. The molecule has 1 amide bonds. The van der Waals surface area contributed by atoms with Crippen LogP contribution in [0.5, 0.6) is 11.5 Å². The molecule has 3 rings (SSSR count). The number of hydrogen-bond acceptors (Lipinski definition) is 5. The Morgan fingerprint density at radius 3 is 2.71 bits per heavy atom. The lowest BCUT2D eigenvalue weighted by atomic mass is 10.3. The van der Waals surface area contributed by atoms with Crippen molar-refractivity contribution < 1.29 is 19.0 Å². The fraction of sp³-hybridized carbons (Fsp3) is 0.0588. The maximum Gasteiger partial charge on any atom is 0.275 e. The minimum absolute atomic E-state index is 0.0130. The summed E-state index contributed by atoms with van der Waals surface area (Å²) in [5.41, 5.74) is 0.556. The predicted molar refractivity (Wildman–Crippen MR) is 88.9 cm³/mol. The smallest absolute Gasteiger partial charge is 0.275 e. The number of nitrogens with one attached hydrogen (secondary N) is 1. The Kier molecular flexibility index (Phi) is 4.72. The number of rotatable bonds is 5. The zero-order valence-corrected chi connectivity index (χ0v) is 13.2. The molecule has 0 aliphatic heterocycles. The Morgan fingerprint density at radius 2 is 1.96 bits per heavy atom. The van der Waals surface area contributed by atoms with Crippen molar-refractivity contribution in [2.75, 3.05) is 5.32 Å². The lowest BCUT2D eigenvalue weighted by Gasteiger charge is -2.05. The van der Waals surface area contributed by atoms with Gasteiger partial charge in [-0.1, -0.05) is 12.1 Å². The number of nitrogens with zero attached hydrogens (tertiary/aromatic N) is 1. The molecule has 7 heteroatoms. The Balaban J connectivity index is 1.61. The second-order valence-electron chi connectivity index (χ2n) is 4.84. The third kappa shape index (κ3) is 3.88. The number of ether oxygens (including phenoxy) is 1. The number of para-hydroxylation sites is 2. The molecule has 24 heavy (non-hydrogen) atoms. The highest BCUT2D eigenvalue weighted by Crippen LogP contribution is 2.23. The summed E-state index contributed by atoms with van der Waals surface area (Å²) in [6.45, 7) is 0.181. The van der Waals surface area contributed by atoms with Gasteiger partial charge in [0.2, 0.25) is 0 Å². The van der Waals surface area contributed by atoms with Crippen LogP contribution in [0, 0.1) is 5.82 Å². The highest BCUT2D eigenvalue weighted by molar-refractivity contribution is 7.09. The first-order valence-electron chi connectivity index (χ1n) is 7.04. The van der Waals surface area contributed by atoms with Crippen LogP contribution < -0.4 is 10.1 Å². The number of anilines is 1. The van der Waals surface area contributed by atoms with E-state index in [0.29, 0.717) is 16.4 Å². The second-order valence-corrected chi connectivity index (χ2v) is 5.78. The summed E-state index contributed by atoms with van der Waals surface area (Å²) in [5, 5.41) is 14.5. The summed E-state index contributed by atoms with van der Waals surface area (Å²) in [4.78, 5) is 16.3. The number of aromatic hydroxyl groups is 1. The molecule has 122 valence electrons. The Hall–Kier alpha value is -2.93. The molecule has 0 spiro atoms. The van der Waals surface area contributed by atoms with E-state index >= 15 is 0 Å². The van der Waals surface area contributed by atoms with E-state index in [9.17, 15) is 14.3 Å². The van der Waals surface area contributed by atoms with E-state index in [1.165, 1.54) is 41.7 Å². The van der Waals surface area contributed by atoms with Crippen LogP contribution in [0.1, 0.15) is 15.5 Å². The first-order valence-corrected chi connectivity index (χ1v) is 7.92. The van der Waals surface area contributed by atoms with Crippen LogP contribution >= 0.6 is 11.3 Å². The van der Waals surface area contributed by atoms with Gasteiger partial charge in [-0.2, -0.15) is 0 Å². The summed E-state index contributed by atoms with van der Waals surface area (Å²) in [6.07, 6.45) is 0. The molecule has 0 aliphatic carbocycles. The highest BCUT2D eigenvalue weighted by atomic mass is 32.1. The maximum atomic E-state index is 12.8. The van der Waals surface area contributed by atoms with Crippen LogP contribution in [0.25, 0.3) is 0 Å². The van der Waals surface area contributed by atoms with E-state index in [4.69, 9.17) is 4.74 Å². The molecule has 0 atom stereocenters. The molecule has 0 unspecified atom stereocenters. The quantitative estimate of drug-likeness (QED) is 0.690. The van der Waals surface area contributed by atoms with Gasteiger partial charge in [-0.3, -0.25) is 4.79 Å². The van der Waals surface area contributed by atoms with Crippen molar-refractivity contribution in [2.24, 2.45) is 0 Å². The Morgan fingerprint density at radius 1 is 1.21 bits per heavy atom. The molecule has 0 fully saturated rings. The molecule has 1 aromatic heterocycles. The van der Waals surface area contributed by atoms with Gasteiger partial charge >= 0.3 is 0 Å². The van der Waals surface area contributed by atoms with Crippen LogP contribution in [0.4, 0.5) is 10.1 Å².